The van der Waals surface area contributed by atoms with Gasteiger partial charge in [-0.15, -0.1) is 0 Å². The molecule has 124 valence electrons. The minimum absolute atomic E-state index is 0.0852. The van der Waals surface area contributed by atoms with Gasteiger partial charge < -0.3 is 14.2 Å². The van der Waals surface area contributed by atoms with E-state index in [1.807, 2.05) is 60.7 Å². The zero-order valence-corrected chi connectivity index (χ0v) is 13.3. The third-order valence-corrected chi connectivity index (χ3v) is 4.59. The van der Waals surface area contributed by atoms with Gasteiger partial charge in [0, 0.05) is 6.42 Å². The van der Waals surface area contributed by atoms with Crippen LogP contribution in [-0.4, -0.2) is 24.3 Å². The molecule has 24 heavy (non-hydrogen) atoms. The third kappa shape index (κ3) is 3.21. The van der Waals surface area contributed by atoms with Crippen LogP contribution >= 0.6 is 0 Å². The summed E-state index contributed by atoms with van der Waals surface area (Å²) in [5, 5.41) is 0. The fourth-order valence-corrected chi connectivity index (χ4v) is 3.45. The molecule has 2 saturated heterocycles. The Labute approximate surface area is 141 Å². The zero-order chi connectivity index (χ0) is 16.4. The summed E-state index contributed by atoms with van der Waals surface area (Å²) in [5.74, 6) is -0.198. The number of hydrogen-bond donors (Lipinski definition) is 0. The lowest BCUT2D eigenvalue weighted by atomic mass is 9.90. The molecule has 2 aromatic rings. The number of esters is 1. The van der Waals surface area contributed by atoms with Crippen LogP contribution in [0.15, 0.2) is 60.7 Å². The molecule has 4 atom stereocenters. The largest absolute Gasteiger partial charge is 0.459 e. The summed E-state index contributed by atoms with van der Waals surface area (Å²) in [6.07, 6.45) is 0.177. The Morgan fingerprint density at radius 3 is 2.46 bits per heavy atom. The van der Waals surface area contributed by atoms with E-state index in [4.69, 9.17) is 14.2 Å². The van der Waals surface area contributed by atoms with Crippen molar-refractivity contribution >= 4 is 5.97 Å². The van der Waals surface area contributed by atoms with Gasteiger partial charge in [-0.1, -0.05) is 60.7 Å². The number of rotatable bonds is 4. The normalized spacial score (nSPS) is 29.1. The highest BCUT2D eigenvalue weighted by atomic mass is 16.6. The lowest BCUT2D eigenvalue weighted by Gasteiger charge is -2.44. The summed E-state index contributed by atoms with van der Waals surface area (Å²) in [6, 6.07) is 20.0. The average molecular weight is 324 g/mol. The molecule has 4 nitrogen and oxygen atoms in total. The van der Waals surface area contributed by atoms with Crippen LogP contribution < -0.4 is 0 Å². The minimum atomic E-state index is -0.298. The van der Waals surface area contributed by atoms with Crippen LogP contribution in [0.25, 0.3) is 0 Å². The number of fused-ring (bicyclic) bond motifs is 2. The Kier molecular flexibility index (Phi) is 4.32. The third-order valence-electron chi connectivity index (χ3n) is 4.59. The smallest absolute Gasteiger partial charge is 0.308 e. The van der Waals surface area contributed by atoms with E-state index in [0.29, 0.717) is 19.4 Å². The second-order valence-corrected chi connectivity index (χ2v) is 6.32. The molecule has 4 heteroatoms. The Balaban J connectivity index is 1.57. The molecule has 2 aromatic carbocycles. The summed E-state index contributed by atoms with van der Waals surface area (Å²) < 4.78 is 17.9. The molecule has 2 aliphatic heterocycles. The molecule has 2 bridgehead atoms. The van der Waals surface area contributed by atoms with Crippen molar-refractivity contribution in [2.45, 2.75) is 43.9 Å². The van der Waals surface area contributed by atoms with E-state index in [1.54, 1.807) is 0 Å². The van der Waals surface area contributed by atoms with E-state index in [2.05, 4.69) is 0 Å². The molecule has 0 radical (unpaired) electrons. The first-order valence-corrected chi connectivity index (χ1v) is 8.35. The first-order valence-electron chi connectivity index (χ1n) is 8.35. The Morgan fingerprint density at radius 1 is 1.00 bits per heavy atom. The number of hydrogen-bond acceptors (Lipinski definition) is 4. The number of carbonyl (C=O) groups excluding carboxylic acids is 1. The average Bonchev–Trinajstić information content (AvgIpc) is 2.62. The van der Waals surface area contributed by atoms with Crippen LogP contribution in [0.1, 0.15) is 30.1 Å². The van der Waals surface area contributed by atoms with Crippen molar-refractivity contribution in [2.75, 3.05) is 0 Å². The van der Waals surface area contributed by atoms with Gasteiger partial charge in [-0.2, -0.15) is 0 Å². The highest BCUT2D eigenvalue weighted by Crippen LogP contribution is 2.39. The van der Waals surface area contributed by atoms with Crippen molar-refractivity contribution in [1.29, 1.82) is 0 Å². The molecule has 4 rings (SSSR count). The molecule has 0 amide bonds. The maximum Gasteiger partial charge on any atom is 0.308 e. The molecule has 2 aliphatic rings. The SMILES string of the molecule is O=C1C[C@H]2C[C@@H](O1)[C@@H](OCc1ccccc1)[C@@H](c1ccccc1)O2. The molecular weight excluding hydrogens is 304 g/mol. The van der Waals surface area contributed by atoms with E-state index in [0.717, 1.165) is 11.1 Å². The minimum Gasteiger partial charge on any atom is -0.459 e. The van der Waals surface area contributed by atoms with Crippen LogP contribution in [0.3, 0.4) is 0 Å². The van der Waals surface area contributed by atoms with Gasteiger partial charge in [0.1, 0.15) is 18.3 Å². The molecule has 0 unspecified atom stereocenters. The van der Waals surface area contributed by atoms with E-state index in [9.17, 15) is 4.79 Å². The van der Waals surface area contributed by atoms with Crippen LogP contribution in [-0.2, 0) is 25.6 Å². The maximum atomic E-state index is 11.8. The van der Waals surface area contributed by atoms with Crippen LogP contribution in [0, 0.1) is 0 Å². The predicted octanol–water partition coefficient (Wildman–Crippen LogP) is 3.42. The first kappa shape index (κ1) is 15.4. The van der Waals surface area contributed by atoms with Crippen molar-refractivity contribution < 1.29 is 19.0 Å². The van der Waals surface area contributed by atoms with Crippen molar-refractivity contribution in [3.05, 3.63) is 71.8 Å². The second-order valence-electron chi connectivity index (χ2n) is 6.32. The topological polar surface area (TPSA) is 44.8 Å². The Morgan fingerprint density at radius 2 is 1.71 bits per heavy atom. The lowest BCUT2D eigenvalue weighted by Crippen LogP contribution is -2.51. The van der Waals surface area contributed by atoms with Gasteiger partial charge in [0.25, 0.3) is 0 Å². The molecular formula is C20H20O4. The molecule has 0 N–H and O–H groups in total. The van der Waals surface area contributed by atoms with Crippen molar-refractivity contribution in [3.63, 3.8) is 0 Å². The molecule has 2 fully saturated rings. The predicted molar refractivity (Wildman–Crippen MR) is 88.2 cm³/mol. The van der Waals surface area contributed by atoms with Crippen LogP contribution in [0.4, 0.5) is 0 Å². The van der Waals surface area contributed by atoms with Gasteiger partial charge in [-0.25, -0.2) is 0 Å². The Bertz CT molecular complexity index is 685. The van der Waals surface area contributed by atoms with Crippen molar-refractivity contribution in [3.8, 4) is 0 Å². The molecule has 2 heterocycles. The highest BCUT2D eigenvalue weighted by molar-refractivity contribution is 5.71. The van der Waals surface area contributed by atoms with E-state index < -0.39 is 0 Å². The molecule has 0 spiro atoms. The van der Waals surface area contributed by atoms with Crippen molar-refractivity contribution in [2.24, 2.45) is 0 Å². The van der Waals surface area contributed by atoms with E-state index >= 15 is 0 Å². The zero-order valence-electron chi connectivity index (χ0n) is 13.3. The number of benzene rings is 2. The Hall–Kier alpha value is -2.17. The van der Waals surface area contributed by atoms with E-state index in [-0.39, 0.29) is 30.4 Å². The fourth-order valence-electron chi connectivity index (χ4n) is 3.45. The number of carbonyl (C=O) groups is 1. The van der Waals surface area contributed by atoms with Gasteiger partial charge in [0.2, 0.25) is 0 Å². The molecule has 0 aromatic heterocycles. The quantitative estimate of drug-likeness (QED) is 0.809. The van der Waals surface area contributed by atoms with Gasteiger partial charge in [0.05, 0.1) is 19.1 Å². The first-order chi connectivity index (χ1) is 11.8. The van der Waals surface area contributed by atoms with Crippen LogP contribution in [0.2, 0.25) is 0 Å². The monoisotopic (exact) mass is 324 g/mol. The van der Waals surface area contributed by atoms with Crippen LogP contribution in [0.5, 0.6) is 0 Å². The summed E-state index contributed by atoms with van der Waals surface area (Å²) in [5.41, 5.74) is 2.15. The summed E-state index contributed by atoms with van der Waals surface area (Å²) in [4.78, 5) is 11.8. The highest BCUT2D eigenvalue weighted by Gasteiger charge is 2.46. The summed E-state index contributed by atoms with van der Waals surface area (Å²) >= 11 is 0. The lowest BCUT2D eigenvalue weighted by molar-refractivity contribution is -0.230. The standard InChI is InChI=1S/C20H20O4/c21-18-12-16-11-17(24-18)20(22-13-14-7-3-1-4-8-14)19(23-16)15-9-5-2-6-10-15/h1-10,16-17,19-20H,11-13H2/t16-,17-,19-,20-/m1/s1. The van der Waals surface area contributed by atoms with Gasteiger partial charge in [-0.3, -0.25) is 4.79 Å². The fraction of sp³-hybridized carbons (Fsp3) is 0.350. The van der Waals surface area contributed by atoms with E-state index in [1.165, 1.54) is 0 Å². The maximum absolute atomic E-state index is 11.8. The summed E-state index contributed by atoms with van der Waals surface area (Å²) in [7, 11) is 0. The van der Waals surface area contributed by atoms with Gasteiger partial charge in [-0.05, 0) is 11.1 Å². The van der Waals surface area contributed by atoms with Gasteiger partial charge >= 0.3 is 5.97 Å². The molecule has 0 aliphatic carbocycles. The molecule has 0 saturated carbocycles. The summed E-state index contributed by atoms with van der Waals surface area (Å²) in [6.45, 7) is 0.469. The van der Waals surface area contributed by atoms with Gasteiger partial charge in [0.15, 0.2) is 0 Å². The number of ether oxygens (including phenoxy) is 3. The van der Waals surface area contributed by atoms with Crippen molar-refractivity contribution in [1.82, 2.24) is 0 Å². The second kappa shape index (κ2) is 6.75.